The predicted octanol–water partition coefficient (Wildman–Crippen LogP) is 3.52. The molecule has 5 nitrogen and oxygen atoms in total. The van der Waals surface area contributed by atoms with Gasteiger partial charge in [-0.05, 0) is 33.6 Å². The van der Waals surface area contributed by atoms with Gasteiger partial charge >= 0.3 is 6.18 Å². The highest BCUT2D eigenvalue weighted by Crippen LogP contribution is 2.30. The molecule has 1 fully saturated rings. The highest BCUT2D eigenvalue weighted by Gasteiger charge is 2.33. The maximum Gasteiger partial charge on any atom is 0.434 e. The second-order valence-corrected chi connectivity index (χ2v) is 7.88. The number of rotatable bonds is 3. The minimum atomic E-state index is -4.40. The zero-order valence-electron chi connectivity index (χ0n) is 15.0. The fourth-order valence-corrected chi connectivity index (χ4v) is 3.44. The number of thiazole rings is 1. The minimum Gasteiger partial charge on any atom is -0.372 e. The van der Waals surface area contributed by atoms with E-state index < -0.39 is 11.9 Å². The van der Waals surface area contributed by atoms with E-state index in [0.29, 0.717) is 11.0 Å². The molecule has 0 spiro atoms. The average molecular weight is 378 g/mol. The van der Waals surface area contributed by atoms with Crippen LogP contribution < -0.4 is 5.32 Å². The minimum absolute atomic E-state index is 0.159. The molecule has 25 heavy (non-hydrogen) atoms. The van der Waals surface area contributed by atoms with Crippen molar-refractivity contribution in [2.75, 3.05) is 20.1 Å². The van der Waals surface area contributed by atoms with Gasteiger partial charge in [-0.3, -0.25) is 4.99 Å². The summed E-state index contributed by atoms with van der Waals surface area (Å²) in [6.45, 7) is 7.96. The van der Waals surface area contributed by atoms with Gasteiger partial charge in [0.2, 0.25) is 0 Å². The van der Waals surface area contributed by atoms with Gasteiger partial charge in [-0.25, -0.2) is 4.98 Å². The molecule has 142 valence electrons. The number of nitrogens with zero attached hydrogens (tertiary/aromatic N) is 3. The second kappa shape index (κ2) is 7.90. The molecule has 0 unspecified atom stereocenters. The maximum atomic E-state index is 12.6. The molecule has 1 saturated heterocycles. The Bertz CT molecular complexity index is 587. The van der Waals surface area contributed by atoms with Crippen molar-refractivity contribution in [3.05, 3.63) is 16.1 Å². The summed E-state index contributed by atoms with van der Waals surface area (Å²) in [7, 11) is 1.67. The van der Waals surface area contributed by atoms with Crippen LogP contribution in [0.5, 0.6) is 0 Å². The Kier molecular flexibility index (Phi) is 6.31. The molecule has 1 aliphatic heterocycles. The molecule has 1 aromatic heterocycles. The molecular weight excluding hydrogens is 353 g/mol. The van der Waals surface area contributed by atoms with E-state index in [1.54, 1.807) is 7.05 Å². The predicted molar refractivity (Wildman–Crippen MR) is 92.7 cm³/mol. The molecule has 1 aliphatic rings. The van der Waals surface area contributed by atoms with Crippen molar-refractivity contribution in [2.45, 2.75) is 58.0 Å². The van der Waals surface area contributed by atoms with Gasteiger partial charge in [-0.15, -0.1) is 11.3 Å². The van der Waals surface area contributed by atoms with Gasteiger partial charge in [-0.2, -0.15) is 13.2 Å². The number of ether oxygens (including phenoxy) is 1. The number of aromatic nitrogens is 1. The molecule has 0 amide bonds. The summed E-state index contributed by atoms with van der Waals surface area (Å²) < 4.78 is 43.8. The molecule has 0 aliphatic carbocycles. The van der Waals surface area contributed by atoms with Crippen molar-refractivity contribution in [3.8, 4) is 0 Å². The summed E-state index contributed by atoms with van der Waals surface area (Å²) >= 11 is 0.995. The molecule has 0 saturated carbocycles. The van der Waals surface area contributed by atoms with Crippen molar-refractivity contribution < 1.29 is 17.9 Å². The third-order valence-electron chi connectivity index (χ3n) is 3.71. The van der Waals surface area contributed by atoms with Crippen LogP contribution in [0.1, 0.15) is 44.3 Å². The number of aliphatic imine (C=N–C) groups is 1. The van der Waals surface area contributed by atoms with E-state index in [1.165, 1.54) is 0 Å². The number of hydrogen-bond donors (Lipinski definition) is 1. The SMILES string of the molecule is CN=C(NCc1nc(C(F)(F)F)cs1)N1CCC(OC(C)(C)C)CC1. The Morgan fingerprint density at radius 2 is 2.00 bits per heavy atom. The quantitative estimate of drug-likeness (QED) is 0.646. The normalized spacial score (nSPS) is 17.9. The first-order valence-electron chi connectivity index (χ1n) is 8.23. The van der Waals surface area contributed by atoms with E-state index in [-0.39, 0.29) is 18.2 Å². The van der Waals surface area contributed by atoms with Gasteiger partial charge in [0.1, 0.15) is 5.01 Å². The summed E-state index contributed by atoms with van der Waals surface area (Å²) in [5.41, 5.74) is -1.00. The Hall–Kier alpha value is -1.35. The first kappa shape index (κ1) is 20.0. The summed E-state index contributed by atoms with van der Waals surface area (Å²) in [6, 6.07) is 0. The lowest BCUT2D eigenvalue weighted by Gasteiger charge is -2.36. The van der Waals surface area contributed by atoms with E-state index in [2.05, 4.69) is 20.2 Å². The number of alkyl halides is 3. The molecular formula is C16H25F3N4OS. The maximum absolute atomic E-state index is 12.6. The molecule has 2 heterocycles. The van der Waals surface area contributed by atoms with Gasteiger partial charge in [0, 0.05) is 25.5 Å². The molecule has 1 N–H and O–H groups in total. The smallest absolute Gasteiger partial charge is 0.372 e. The monoisotopic (exact) mass is 378 g/mol. The van der Waals surface area contributed by atoms with Crippen LogP contribution in [0.2, 0.25) is 0 Å². The van der Waals surface area contributed by atoms with E-state index in [4.69, 9.17) is 4.74 Å². The van der Waals surface area contributed by atoms with Gasteiger partial charge in [-0.1, -0.05) is 0 Å². The van der Waals surface area contributed by atoms with Crippen LogP contribution in [0.3, 0.4) is 0 Å². The van der Waals surface area contributed by atoms with Gasteiger partial charge in [0.15, 0.2) is 11.7 Å². The number of guanidine groups is 1. The Labute approximate surface area is 150 Å². The van der Waals surface area contributed by atoms with Crippen molar-refractivity contribution in [1.82, 2.24) is 15.2 Å². The van der Waals surface area contributed by atoms with Crippen molar-refractivity contribution >= 4 is 17.3 Å². The fraction of sp³-hybridized carbons (Fsp3) is 0.750. The van der Waals surface area contributed by atoms with Crippen LogP contribution in [-0.4, -0.2) is 47.7 Å². The summed E-state index contributed by atoms with van der Waals surface area (Å²) in [5, 5.41) is 4.52. The molecule has 0 radical (unpaired) electrons. The van der Waals surface area contributed by atoms with Gasteiger partial charge < -0.3 is 15.0 Å². The topological polar surface area (TPSA) is 49.8 Å². The van der Waals surface area contributed by atoms with Gasteiger partial charge in [0.25, 0.3) is 0 Å². The Morgan fingerprint density at radius 3 is 2.48 bits per heavy atom. The largest absolute Gasteiger partial charge is 0.434 e. The van der Waals surface area contributed by atoms with E-state index in [0.717, 1.165) is 42.6 Å². The Morgan fingerprint density at radius 1 is 1.36 bits per heavy atom. The molecule has 0 bridgehead atoms. The third-order valence-corrected chi connectivity index (χ3v) is 4.56. The van der Waals surface area contributed by atoms with Crippen LogP contribution in [0.15, 0.2) is 10.4 Å². The van der Waals surface area contributed by atoms with Crippen LogP contribution in [0, 0.1) is 0 Å². The molecule has 2 rings (SSSR count). The number of piperidine rings is 1. The first-order valence-corrected chi connectivity index (χ1v) is 9.11. The van der Waals surface area contributed by atoms with E-state index >= 15 is 0 Å². The van der Waals surface area contributed by atoms with Crippen molar-refractivity contribution in [3.63, 3.8) is 0 Å². The fourth-order valence-electron chi connectivity index (χ4n) is 2.69. The lowest BCUT2D eigenvalue weighted by atomic mass is 10.1. The second-order valence-electron chi connectivity index (χ2n) is 6.94. The first-order chi connectivity index (χ1) is 11.6. The molecule has 1 aromatic rings. The van der Waals surface area contributed by atoms with Crippen LogP contribution >= 0.6 is 11.3 Å². The lowest BCUT2D eigenvalue weighted by Crippen LogP contribution is -2.47. The van der Waals surface area contributed by atoms with E-state index in [9.17, 15) is 13.2 Å². The molecule has 0 aromatic carbocycles. The van der Waals surface area contributed by atoms with Crippen molar-refractivity contribution in [2.24, 2.45) is 4.99 Å². The summed E-state index contributed by atoms with van der Waals surface area (Å²) in [5.74, 6) is 0.679. The number of nitrogens with one attached hydrogen (secondary N) is 1. The number of hydrogen-bond acceptors (Lipinski definition) is 4. The Balaban J connectivity index is 1.84. The van der Waals surface area contributed by atoms with Crippen LogP contribution in [0.25, 0.3) is 0 Å². The third kappa shape index (κ3) is 6.14. The number of halogens is 3. The zero-order valence-corrected chi connectivity index (χ0v) is 15.8. The van der Waals surface area contributed by atoms with E-state index in [1.807, 2.05) is 20.8 Å². The summed E-state index contributed by atoms with van der Waals surface area (Å²) in [6.07, 6.45) is -2.38. The van der Waals surface area contributed by atoms with Crippen molar-refractivity contribution in [1.29, 1.82) is 0 Å². The average Bonchev–Trinajstić information content (AvgIpc) is 2.97. The van der Waals surface area contributed by atoms with Crippen LogP contribution in [0.4, 0.5) is 13.2 Å². The summed E-state index contributed by atoms with van der Waals surface area (Å²) in [4.78, 5) is 9.95. The van der Waals surface area contributed by atoms with Gasteiger partial charge in [0.05, 0.1) is 18.2 Å². The number of likely N-dealkylation sites (tertiary alicyclic amines) is 1. The van der Waals surface area contributed by atoms with Crippen LogP contribution in [-0.2, 0) is 17.5 Å². The standard InChI is InChI=1S/C16H25F3N4OS/c1-15(2,3)24-11-5-7-23(8-6-11)14(20-4)21-9-13-22-12(10-25-13)16(17,18)19/h10-11H,5-9H2,1-4H3,(H,20,21). The zero-order chi connectivity index (χ0) is 18.7. The lowest BCUT2D eigenvalue weighted by molar-refractivity contribution is -0.140. The highest BCUT2D eigenvalue weighted by atomic mass is 32.1. The highest BCUT2D eigenvalue weighted by molar-refractivity contribution is 7.09. The molecule has 0 atom stereocenters. The molecule has 9 heteroatoms.